The van der Waals surface area contributed by atoms with Gasteiger partial charge in [-0.25, -0.2) is 4.68 Å². The molecule has 1 atom stereocenters. The molecule has 108 valence electrons. The second-order valence-corrected chi connectivity index (χ2v) is 5.64. The minimum atomic E-state index is -0.443. The van der Waals surface area contributed by atoms with E-state index in [1.165, 1.54) is 0 Å². The molecule has 20 heavy (non-hydrogen) atoms. The SMILES string of the molecule is CCCCn1nnnc1CSCC(O)c1ccccc1. The average molecular weight is 292 g/mol. The maximum atomic E-state index is 10.1. The van der Waals surface area contributed by atoms with E-state index in [0.717, 1.165) is 36.5 Å². The highest BCUT2D eigenvalue weighted by atomic mass is 32.2. The van der Waals surface area contributed by atoms with Crippen LogP contribution in [0.3, 0.4) is 0 Å². The first kappa shape index (κ1) is 15.0. The summed E-state index contributed by atoms with van der Waals surface area (Å²) < 4.78 is 1.85. The van der Waals surface area contributed by atoms with Gasteiger partial charge in [-0.05, 0) is 22.4 Å². The van der Waals surface area contributed by atoms with Crippen LogP contribution in [0, 0.1) is 0 Å². The third-order valence-corrected chi connectivity index (χ3v) is 4.03. The monoisotopic (exact) mass is 292 g/mol. The van der Waals surface area contributed by atoms with Crippen LogP contribution in [0.1, 0.15) is 37.3 Å². The van der Waals surface area contributed by atoms with Crippen molar-refractivity contribution in [3.8, 4) is 0 Å². The fourth-order valence-corrected chi connectivity index (χ4v) is 2.76. The first-order valence-corrected chi connectivity index (χ1v) is 8.02. The summed E-state index contributed by atoms with van der Waals surface area (Å²) in [7, 11) is 0. The smallest absolute Gasteiger partial charge is 0.161 e. The normalized spacial score (nSPS) is 12.5. The molecule has 0 aliphatic heterocycles. The Morgan fingerprint density at radius 1 is 1.30 bits per heavy atom. The Labute approximate surface area is 123 Å². The van der Waals surface area contributed by atoms with Gasteiger partial charge in [0, 0.05) is 12.3 Å². The van der Waals surface area contributed by atoms with Crippen molar-refractivity contribution in [1.82, 2.24) is 20.2 Å². The van der Waals surface area contributed by atoms with E-state index < -0.39 is 6.10 Å². The number of aromatic nitrogens is 4. The summed E-state index contributed by atoms with van der Waals surface area (Å²) in [5, 5.41) is 21.8. The first-order chi connectivity index (χ1) is 9.81. The van der Waals surface area contributed by atoms with Gasteiger partial charge in [0.05, 0.1) is 11.9 Å². The predicted molar refractivity (Wildman–Crippen MR) is 80.3 cm³/mol. The molecule has 0 saturated carbocycles. The minimum absolute atomic E-state index is 0.443. The van der Waals surface area contributed by atoms with Gasteiger partial charge in [-0.15, -0.1) is 5.10 Å². The van der Waals surface area contributed by atoms with Crippen LogP contribution < -0.4 is 0 Å². The van der Waals surface area contributed by atoms with Crippen LogP contribution in [0.15, 0.2) is 30.3 Å². The highest BCUT2D eigenvalue weighted by Crippen LogP contribution is 2.20. The Bertz CT molecular complexity index is 503. The summed E-state index contributed by atoms with van der Waals surface area (Å²) in [4.78, 5) is 0. The molecule has 1 heterocycles. The largest absolute Gasteiger partial charge is 0.388 e. The van der Waals surface area contributed by atoms with Crippen LogP contribution in [0.2, 0.25) is 0 Å². The third-order valence-electron chi connectivity index (χ3n) is 3.02. The number of benzene rings is 1. The fraction of sp³-hybridized carbons (Fsp3) is 0.500. The Balaban J connectivity index is 1.80. The summed E-state index contributed by atoms with van der Waals surface area (Å²) in [5.41, 5.74) is 0.950. The number of thioether (sulfide) groups is 1. The van der Waals surface area contributed by atoms with Gasteiger partial charge in [0.2, 0.25) is 0 Å². The van der Waals surface area contributed by atoms with Crippen molar-refractivity contribution in [2.45, 2.75) is 38.2 Å². The zero-order chi connectivity index (χ0) is 14.2. The molecule has 0 aliphatic carbocycles. The summed E-state index contributed by atoms with van der Waals surface area (Å²) in [6, 6.07) is 9.71. The number of rotatable bonds is 8. The Morgan fingerprint density at radius 2 is 2.10 bits per heavy atom. The van der Waals surface area contributed by atoms with E-state index in [4.69, 9.17) is 0 Å². The molecule has 0 bridgehead atoms. The van der Waals surface area contributed by atoms with E-state index in [-0.39, 0.29) is 0 Å². The molecule has 6 heteroatoms. The molecule has 0 aliphatic rings. The van der Waals surface area contributed by atoms with Gasteiger partial charge in [0.1, 0.15) is 0 Å². The van der Waals surface area contributed by atoms with Gasteiger partial charge >= 0.3 is 0 Å². The van der Waals surface area contributed by atoms with Crippen LogP contribution >= 0.6 is 11.8 Å². The highest BCUT2D eigenvalue weighted by molar-refractivity contribution is 7.98. The summed E-state index contributed by atoms with van der Waals surface area (Å²) in [6.45, 7) is 3.01. The molecular weight excluding hydrogens is 272 g/mol. The second-order valence-electron chi connectivity index (χ2n) is 4.61. The number of aryl methyl sites for hydroxylation is 1. The molecule has 0 amide bonds. The third kappa shape index (κ3) is 4.31. The fourth-order valence-electron chi connectivity index (χ4n) is 1.84. The van der Waals surface area contributed by atoms with Crippen molar-refractivity contribution < 1.29 is 5.11 Å². The maximum Gasteiger partial charge on any atom is 0.161 e. The van der Waals surface area contributed by atoms with Crippen molar-refractivity contribution in [3.63, 3.8) is 0 Å². The van der Waals surface area contributed by atoms with Crippen LogP contribution in [0.25, 0.3) is 0 Å². The van der Waals surface area contributed by atoms with Gasteiger partial charge < -0.3 is 5.11 Å². The summed E-state index contributed by atoms with van der Waals surface area (Å²) >= 11 is 1.65. The van der Waals surface area contributed by atoms with Gasteiger partial charge in [0.15, 0.2) is 5.82 Å². The maximum absolute atomic E-state index is 10.1. The molecule has 2 aromatic rings. The molecule has 0 fully saturated rings. The molecular formula is C14H20N4OS. The Morgan fingerprint density at radius 3 is 2.85 bits per heavy atom. The van der Waals surface area contributed by atoms with Crippen molar-refractivity contribution in [1.29, 1.82) is 0 Å². The summed E-state index contributed by atoms with van der Waals surface area (Å²) in [5.74, 6) is 2.24. The van der Waals surface area contributed by atoms with E-state index in [1.54, 1.807) is 11.8 Å². The number of nitrogens with zero attached hydrogens (tertiary/aromatic N) is 4. The van der Waals surface area contributed by atoms with E-state index in [1.807, 2.05) is 35.0 Å². The number of unbranched alkanes of at least 4 members (excludes halogenated alkanes) is 1. The summed E-state index contributed by atoms with van der Waals surface area (Å²) in [6.07, 6.45) is 1.76. The molecule has 1 aromatic carbocycles. The molecule has 1 unspecified atom stereocenters. The number of tetrazole rings is 1. The number of hydrogen-bond donors (Lipinski definition) is 1. The van der Waals surface area contributed by atoms with E-state index in [2.05, 4.69) is 22.4 Å². The van der Waals surface area contributed by atoms with Crippen LogP contribution in [0.5, 0.6) is 0 Å². The quantitative estimate of drug-likeness (QED) is 0.809. The number of hydrogen-bond acceptors (Lipinski definition) is 5. The van der Waals surface area contributed by atoms with Crippen molar-refractivity contribution in [3.05, 3.63) is 41.7 Å². The highest BCUT2D eigenvalue weighted by Gasteiger charge is 2.10. The average Bonchev–Trinajstić information content (AvgIpc) is 2.93. The lowest BCUT2D eigenvalue weighted by atomic mass is 10.1. The van der Waals surface area contributed by atoms with Gasteiger partial charge in [-0.1, -0.05) is 43.7 Å². The van der Waals surface area contributed by atoms with E-state index in [9.17, 15) is 5.11 Å². The zero-order valence-corrected chi connectivity index (χ0v) is 12.5. The van der Waals surface area contributed by atoms with Gasteiger partial charge in [-0.2, -0.15) is 11.8 Å². The Hall–Kier alpha value is -1.40. The topological polar surface area (TPSA) is 63.8 Å². The molecule has 0 spiro atoms. The number of aliphatic hydroxyl groups is 1. The molecule has 1 N–H and O–H groups in total. The van der Waals surface area contributed by atoms with Crippen molar-refractivity contribution in [2.75, 3.05) is 5.75 Å². The molecule has 5 nitrogen and oxygen atoms in total. The first-order valence-electron chi connectivity index (χ1n) is 6.87. The van der Waals surface area contributed by atoms with Crippen LogP contribution in [0.4, 0.5) is 0 Å². The molecule has 1 aromatic heterocycles. The van der Waals surface area contributed by atoms with Crippen LogP contribution in [-0.4, -0.2) is 31.1 Å². The number of aliphatic hydroxyl groups excluding tert-OH is 1. The van der Waals surface area contributed by atoms with Gasteiger partial charge in [-0.3, -0.25) is 0 Å². The lowest BCUT2D eigenvalue weighted by Gasteiger charge is -2.10. The van der Waals surface area contributed by atoms with Crippen LogP contribution in [-0.2, 0) is 12.3 Å². The van der Waals surface area contributed by atoms with Gasteiger partial charge in [0.25, 0.3) is 0 Å². The van der Waals surface area contributed by atoms with Crippen molar-refractivity contribution >= 4 is 11.8 Å². The molecule has 0 radical (unpaired) electrons. The predicted octanol–water partition coefficient (Wildman–Crippen LogP) is 2.44. The lowest BCUT2D eigenvalue weighted by Crippen LogP contribution is -2.06. The van der Waals surface area contributed by atoms with E-state index in [0.29, 0.717) is 5.75 Å². The zero-order valence-electron chi connectivity index (χ0n) is 11.6. The molecule has 0 saturated heterocycles. The molecule has 2 rings (SSSR count). The second kappa shape index (κ2) is 8.01. The Kier molecular flexibility index (Phi) is 6.01. The van der Waals surface area contributed by atoms with E-state index >= 15 is 0 Å². The standard InChI is InChI=1S/C14H20N4OS/c1-2-3-9-18-14(15-16-17-18)11-20-10-13(19)12-7-5-4-6-8-12/h4-8,13,19H,2-3,9-11H2,1H3. The minimum Gasteiger partial charge on any atom is -0.388 e. The van der Waals surface area contributed by atoms with Crippen molar-refractivity contribution in [2.24, 2.45) is 0 Å². The lowest BCUT2D eigenvalue weighted by molar-refractivity contribution is 0.204.